The summed E-state index contributed by atoms with van der Waals surface area (Å²) in [5, 5.41) is 10.8. The van der Waals surface area contributed by atoms with E-state index >= 15 is 0 Å². The van der Waals surface area contributed by atoms with Crippen LogP contribution >= 0.6 is 0 Å². The number of carbonyl (C=O) groups is 1. The molecule has 0 aliphatic carbocycles. The van der Waals surface area contributed by atoms with E-state index in [1.807, 2.05) is 0 Å². The van der Waals surface area contributed by atoms with Gasteiger partial charge in [-0.3, -0.25) is 10.1 Å². The molecular weight excluding hydrogens is 277 g/mol. The maximum Gasteiger partial charge on any atom is 0.336 e. The summed E-state index contributed by atoms with van der Waals surface area (Å²) in [7, 11) is 0. The molecule has 0 saturated heterocycles. The van der Waals surface area contributed by atoms with Gasteiger partial charge in [0.05, 0.1) is 10.5 Å². The number of carbonyl (C=O) groups excluding carboxylic acids is 1. The third-order valence-electron chi connectivity index (χ3n) is 2.56. The van der Waals surface area contributed by atoms with Crippen molar-refractivity contribution >= 4 is 17.7 Å². The standard InChI is InChI=1S/C15H10FNO4/c16-12-6-8-13(9-7-12)21-15(18)10-5-11-3-1-2-4-14(11)17(19)20/h1-10H/b10-5+. The first kappa shape index (κ1) is 14.4. The number of nitro benzene ring substituents is 1. The first-order valence-corrected chi connectivity index (χ1v) is 5.95. The van der Waals surface area contributed by atoms with Gasteiger partial charge in [0.1, 0.15) is 11.6 Å². The quantitative estimate of drug-likeness (QED) is 0.284. The third kappa shape index (κ3) is 3.97. The summed E-state index contributed by atoms with van der Waals surface area (Å²) in [6.07, 6.45) is 2.37. The number of hydrogen-bond donors (Lipinski definition) is 0. The molecule has 0 saturated carbocycles. The minimum absolute atomic E-state index is 0.108. The zero-order valence-electron chi connectivity index (χ0n) is 10.7. The van der Waals surface area contributed by atoms with Crippen LogP contribution in [0, 0.1) is 15.9 Å². The monoisotopic (exact) mass is 287 g/mol. The normalized spacial score (nSPS) is 10.5. The second-order valence-corrected chi connectivity index (χ2v) is 4.02. The number of ether oxygens (including phenoxy) is 1. The van der Waals surface area contributed by atoms with Crippen LogP contribution in [0.2, 0.25) is 0 Å². The Morgan fingerprint density at radius 1 is 1.14 bits per heavy atom. The lowest BCUT2D eigenvalue weighted by Gasteiger charge is -2.00. The fourth-order valence-corrected chi connectivity index (χ4v) is 1.61. The summed E-state index contributed by atoms with van der Waals surface area (Å²) in [6, 6.07) is 11.0. The van der Waals surface area contributed by atoms with E-state index in [1.54, 1.807) is 6.07 Å². The highest BCUT2D eigenvalue weighted by Gasteiger charge is 2.10. The number of hydrogen-bond acceptors (Lipinski definition) is 4. The number of para-hydroxylation sites is 1. The summed E-state index contributed by atoms with van der Waals surface area (Å²) >= 11 is 0. The Labute approximate surface area is 119 Å². The van der Waals surface area contributed by atoms with Crippen molar-refractivity contribution in [2.45, 2.75) is 0 Å². The van der Waals surface area contributed by atoms with Gasteiger partial charge in [0.25, 0.3) is 5.69 Å². The summed E-state index contributed by atoms with van der Waals surface area (Å²) in [5.74, 6) is -0.960. The molecule has 0 unspecified atom stereocenters. The molecule has 6 heteroatoms. The molecular formula is C15H10FNO4. The highest BCUT2D eigenvalue weighted by atomic mass is 19.1. The number of nitro groups is 1. The molecule has 0 bridgehead atoms. The van der Waals surface area contributed by atoms with Crippen LogP contribution in [0.4, 0.5) is 10.1 Å². The minimum atomic E-state index is -0.709. The van der Waals surface area contributed by atoms with E-state index in [9.17, 15) is 19.3 Å². The van der Waals surface area contributed by atoms with Gasteiger partial charge in [-0.05, 0) is 36.4 Å². The average molecular weight is 287 g/mol. The van der Waals surface area contributed by atoms with Gasteiger partial charge in [-0.1, -0.05) is 12.1 Å². The van der Waals surface area contributed by atoms with Gasteiger partial charge >= 0.3 is 5.97 Å². The molecule has 0 aromatic heterocycles. The molecule has 21 heavy (non-hydrogen) atoms. The number of esters is 1. The Morgan fingerprint density at radius 2 is 1.81 bits per heavy atom. The lowest BCUT2D eigenvalue weighted by Crippen LogP contribution is -2.03. The number of halogens is 1. The zero-order valence-corrected chi connectivity index (χ0v) is 10.7. The van der Waals surface area contributed by atoms with Gasteiger partial charge in [0, 0.05) is 12.1 Å². The Balaban J connectivity index is 2.09. The van der Waals surface area contributed by atoms with Crippen molar-refractivity contribution in [1.82, 2.24) is 0 Å². The van der Waals surface area contributed by atoms with Crippen LogP contribution in [0.25, 0.3) is 6.08 Å². The van der Waals surface area contributed by atoms with Crippen LogP contribution in [0.15, 0.2) is 54.6 Å². The van der Waals surface area contributed by atoms with E-state index in [4.69, 9.17) is 4.74 Å². The van der Waals surface area contributed by atoms with Gasteiger partial charge in [0.15, 0.2) is 0 Å². The molecule has 106 valence electrons. The largest absolute Gasteiger partial charge is 0.423 e. The molecule has 0 amide bonds. The Morgan fingerprint density at radius 3 is 2.48 bits per heavy atom. The summed E-state index contributed by atoms with van der Waals surface area (Å²) in [5.41, 5.74) is 0.182. The Kier molecular flexibility index (Phi) is 4.40. The number of benzene rings is 2. The van der Waals surface area contributed by atoms with E-state index in [0.717, 1.165) is 18.2 Å². The van der Waals surface area contributed by atoms with Crippen molar-refractivity contribution in [2.24, 2.45) is 0 Å². The van der Waals surface area contributed by atoms with Crippen molar-refractivity contribution in [2.75, 3.05) is 0 Å². The SMILES string of the molecule is O=C(/C=C/c1ccccc1[N+](=O)[O-])Oc1ccc(F)cc1. The molecule has 0 heterocycles. The first-order valence-electron chi connectivity index (χ1n) is 5.95. The lowest BCUT2D eigenvalue weighted by atomic mass is 10.1. The van der Waals surface area contributed by atoms with Crippen molar-refractivity contribution in [3.05, 3.63) is 76.1 Å². The Bertz CT molecular complexity index is 695. The smallest absolute Gasteiger partial charge is 0.336 e. The highest BCUT2D eigenvalue weighted by Crippen LogP contribution is 2.19. The van der Waals surface area contributed by atoms with E-state index < -0.39 is 16.7 Å². The summed E-state index contributed by atoms with van der Waals surface area (Å²) < 4.78 is 17.6. The topological polar surface area (TPSA) is 69.4 Å². The molecule has 0 N–H and O–H groups in total. The minimum Gasteiger partial charge on any atom is -0.423 e. The van der Waals surface area contributed by atoms with Gasteiger partial charge in [0.2, 0.25) is 0 Å². The molecule has 0 fully saturated rings. The molecule has 0 aliphatic heterocycles. The van der Waals surface area contributed by atoms with E-state index in [-0.39, 0.29) is 11.4 Å². The molecule has 0 atom stereocenters. The van der Waals surface area contributed by atoms with Crippen molar-refractivity contribution in [3.8, 4) is 5.75 Å². The molecule has 2 rings (SSSR count). The van der Waals surface area contributed by atoms with Gasteiger partial charge < -0.3 is 4.74 Å². The lowest BCUT2D eigenvalue weighted by molar-refractivity contribution is -0.385. The summed E-state index contributed by atoms with van der Waals surface area (Å²) in [4.78, 5) is 21.9. The Hall–Kier alpha value is -3.02. The maximum atomic E-state index is 12.7. The van der Waals surface area contributed by atoms with Crippen molar-refractivity contribution in [1.29, 1.82) is 0 Å². The van der Waals surface area contributed by atoms with Gasteiger partial charge in [-0.25, -0.2) is 9.18 Å². The molecule has 0 radical (unpaired) electrons. The van der Waals surface area contributed by atoms with Crippen LogP contribution < -0.4 is 4.74 Å². The van der Waals surface area contributed by atoms with Crippen LogP contribution in [0.1, 0.15) is 5.56 Å². The van der Waals surface area contributed by atoms with E-state index in [2.05, 4.69) is 0 Å². The van der Waals surface area contributed by atoms with Gasteiger partial charge in [-0.2, -0.15) is 0 Å². The number of nitrogens with zero attached hydrogens (tertiary/aromatic N) is 1. The zero-order chi connectivity index (χ0) is 15.2. The van der Waals surface area contributed by atoms with Crippen LogP contribution in [0.5, 0.6) is 5.75 Å². The van der Waals surface area contributed by atoms with Crippen LogP contribution in [0.3, 0.4) is 0 Å². The van der Waals surface area contributed by atoms with Crippen molar-refractivity contribution < 1.29 is 18.8 Å². The van der Waals surface area contributed by atoms with Crippen LogP contribution in [-0.4, -0.2) is 10.9 Å². The second-order valence-electron chi connectivity index (χ2n) is 4.02. The molecule has 2 aromatic rings. The second kappa shape index (κ2) is 6.42. The van der Waals surface area contributed by atoms with E-state index in [0.29, 0.717) is 5.56 Å². The molecule has 2 aromatic carbocycles. The fraction of sp³-hybridized carbons (Fsp3) is 0. The van der Waals surface area contributed by atoms with Crippen molar-refractivity contribution in [3.63, 3.8) is 0 Å². The predicted molar refractivity (Wildman–Crippen MR) is 74.2 cm³/mol. The highest BCUT2D eigenvalue weighted by molar-refractivity contribution is 5.89. The third-order valence-corrected chi connectivity index (χ3v) is 2.56. The predicted octanol–water partition coefficient (Wildman–Crippen LogP) is 3.35. The maximum absolute atomic E-state index is 12.7. The molecule has 5 nitrogen and oxygen atoms in total. The summed E-state index contributed by atoms with van der Waals surface area (Å²) in [6.45, 7) is 0. The molecule has 0 spiro atoms. The first-order chi connectivity index (χ1) is 10.1. The number of rotatable bonds is 4. The average Bonchev–Trinajstić information content (AvgIpc) is 2.48. The van der Waals surface area contributed by atoms with Crippen LogP contribution in [-0.2, 0) is 4.79 Å². The van der Waals surface area contributed by atoms with Gasteiger partial charge in [-0.15, -0.1) is 0 Å². The van der Waals surface area contributed by atoms with E-state index in [1.165, 1.54) is 36.4 Å². The fourth-order valence-electron chi connectivity index (χ4n) is 1.61. The molecule has 0 aliphatic rings.